The van der Waals surface area contributed by atoms with Gasteiger partial charge in [0.05, 0.1) is 12.0 Å². The van der Waals surface area contributed by atoms with E-state index in [-0.39, 0.29) is 47.1 Å². The molecule has 158 valence electrons. The average Bonchev–Trinajstić information content (AvgIpc) is 2.82. The zero-order valence-corrected chi connectivity index (χ0v) is 16.8. The van der Waals surface area contributed by atoms with Crippen LogP contribution in [0.3, 0.4) is 0 Å². The lowest BCUT2D eigenvalue weighted by Crippen LogP contribution is -2.33. The zero-order valence-electron chi connectivity index (χ0n) is 16.8. The predicted octanol–water partition coefficient (Wildman–Crippen LogP) is 4.77. The molecular formula is C26H17FO5. The molecule has 0 N–H and O–H groups in total. The largest absolute Gasteiger partial charge is 0.488 e. The van der Waals surface area contributed by atoms with Gasteiger partial charge in [-0.25, -0.2) is 4.39 Å². The van der Waals surface area contributed by atoms with E-state index in [9.17, 15) is 18.8 Å². The molecular weight excluding hydrogens is 411 g/mol. The summed E-state index contributed by atoms with van der Waals surface area (Å²) in [6.45, 7) is -0.0253. The van der Waals surface area contributed by atoms with Crippen LogP contribution < -0.4 is 4.74 Å². The standard InChI is InChI=1S/C26H17FO5/c27-20-11-5-1-7-15(20)14-31-21-12-6-4-8-16(21)19-13-22(28)32-26-23(19)24(29)17-9-2-3-10-18(17)25(26)30/h1-12,19H,13-14H2/t19-/m1/s1. The first-order valence-electron chi connectivity index (χ1n) is 10.1. The molecule has 1 aliphatic carbocycles. The molecule has 0 amide bonds. The van der Waals surface area contributed by atoms with Crippen LogP contribution >= 0.6 is 0 Å². The number of hydrogen-bond donors (Lipinski definition) is 0. The summed E-state index contributed by atoms with van der Waals surface area (Å²) in [6, 6.07) is 19.7. The van der Waals surface area contributed by atoms with Crippen molar-refractivity contribution in [3.63, 3.8) is 0 Å². The second-order valence-electron chi connectivity index (χ2n) is 7.60. The van der Waals surface area contributed by atoms with Crippen LogP contribution in [0.4, 0.5) is 4.39 Å². The van der Waals surface area contributed by atoms with E-state index >= 15 is 0 Å². The van der Waals surface area contributed by atoms with E-state index < -0.39 is 17.7 Å². The highest BCUT2D eigenvalue weighted by molar-refractivity contribution is 6.27. The number of para-hydroxylation sites is 1. The van der Waals surface area contributed by atoms with Gasteiger partial charge in [-0.15, -0.1) is 0 Å². The lowest BCUT2D eigenvalue weighted by Gasteiger charge is -2.30. The molecule has 32 heavy (non-hydrogen) atoms. The predicted molar refractivity (Wildman–Crippen MR) is 113 cm³/mol. The molecule has 5 nitrogen and oxygen atoms in total. The van der Waals surface area contributed by atoms with Crippen LogP contribution in [0, 0.1) is 5.82 Å². The minimum atomic E-state index is -0.715. The summed E-state index contributed by atoms with van der Waals surface area (Å²) in [5, 5.41) is 0. The van der Waals surface area contributed by atoms with Crippen LogP contribution in [-0.4, -0.2) is 17.5 Å². The molecule has 0 bridgehead atoms. The number of esters is 1. The van der Waals surface area contributed by atoms with Crippen LogP contribution in [0.2, 0.25) is 0 Å². The summed E-state index contributed by atoms with van der Waals surface area (Å²) < 4.78 is 25.2. The Morgan fingerprint density at radius 2 is 1.50 bits per heavy atom. The Bertz CT molecular complexity index is 1310. The third kappa shape index (κ3) is 3.30. The molecule has 3 aromatic carbocycles. The third-order valence-corrected chi connectivity index (χ3v) is 5.68. The molecule has 0 spiro atoms. The van der Waals surface area contributed by atoms with Crippen molar-refractivity contribution < 1.29 is 28.2 Å². The molecule has 1 heterocycles. The number of halogens is 1. The number of allylic oxidation sites excluding steroid dienone is 2. The van der Waals surface area contributed by atoms with Crippen molar-refractivity contribution in [3.05, 3.63) is 112 Å². The fraction of sp³-hybridized carbons (Fsp3) is 0.115. The number of carbonyl (C=O) groups is 3. The van der Waals surface area contributed by atoms with Gasteiger partial charge in [0, 0.05) is 28.2 Å². The number of rotatable bonds is 4. The van der Waals surface area contributed by atoms with Crippen LogP contribution in [0.15, 0.2) is 84.1 Å². The van der Waals surface area contributed by atoms with Crippen molar-refractivity contribution in [1.29, 1.82) is 0 Å². The van der Waals surface area contributed by atoms with Crippen molar-refractivity contribution in [2.24, 2.45) is 0 Å². The third-order valence-electron chi connectivity index (χ3n) is 5.68. The van der Waals surface area contributed by atoms with Gasteiger partial charge in [-0.2, -0.15) is 0 Å². The summed E-state index contributed by atoms with van der Waals surface area (Å²) in [5.41, 5.74) is 1.59. The topological polar surface area (TPSA) is 69.7 Å². The molecule has 0 unspecified atom stereocenters. The molecule has 0 radical (unpaired) electrons. The molecule has 0 aromatic heterocycles. The molecule has 0 saturated heterocycles. The Morgan fingerprint density at radius 1 is 0.844 bits per heavy atom. The Morgan fingerprint density at radius 3 is 2.28 bits per heavy atom. The van der Waals surface area contributed by atoms with E-state index in [1.807, 2.05) is 0 Å². The van der Waals surface area contributed by atoms with Gasteiger partial charge in [-0.1, -0.05) is 60.7 Å². The highest BCUT2D eigenvalue weighted by atomic mass is 19.1. The summed E-state index contributed by atoms with van der Waals surface area (Å²) in [7, 11) is 0. The SMILES string of the molecule is O=C1C[C@H](c2ccccc2OCc2ccccc2F)C2=C(O1)C(=O)c1ccccc1C2=O. The molecule has 0 fully saturated rings. The number of Topliss-reactive ketones (excluding diaryl/α,β-unsaturated/α-hetero) is 2. The Balaban J connectivity index is 1.56. The van der Waals surface area contributed by atoms with Crippen molar-refractivity contribution in [2.75, 3.05) is 0 Å². The summed E-state index contributed by atoms with van der Waals surface area (Å²) in [5.74, 6) is -2.36. The number of benzene rings is 3. The van der Waals surface area contributed by atoms with Crippen LogP contribution in [0.5, 0.6) is 5.75 Å². The van der Waals surface area contributed by atoms with E-state index in [0.29, 0.717) is 16.9 Å². The maximum Gasteiger partial charge on any atom is 0.312 e. The minimum Gasteiger partial charge on any atom is -0.488 e. The van der Waals surface area contributed by atoms with Gasteiger partial charge in [0.1, 0.15) is 18.2 Å². The van der Waals surface area contributed by atoms with Gasteiger partial charge in [0.25, 0.3) is 0 Å². The fourth-order valence-corrected chi connectivity index (χ4v) is 4.15. The Hall–Kier alpha value is -4.06. The maximum absolute atomic E-state index is 14.0. The van der Waals surface area contributed by atoms with Gasteiger partial charge in [-0.3, -0.25) is 14.4 Å². The van der Waals surface area contributed by atoms with Crippen molar-refractivity contribution in [2.45, 2.75) is 18.9 Å². The number of fused-ring (bicyclic) bond motifs is 1. The van der Waals surface area contributed by atoms with Crippen LogP contribution in [-0.2, 0) is 16.1 Å². The van der Waals surface area contributed by atoms with Crippen molar-refractivity contribution in [3.8, 4) is 5.75 Å². The average molecular weight is 428 g/mol. The molecule has 2 aliphatic rings. The normalized spacial score (nSPS) is 17.5. The molecule has 5 rings (SSSR count). The summed E-state index contributed by atoms with van der Waals surface area (Å²) in [6.07, 6.45) is -0.111. The van der Waals surface area contributed by atoms with E-state index in [0.717, 1.165) is 0 Å². The van der Waals surface area contributed by atoms with Gasteiger partial charge < -0.3 is 9.47 Å². The number of ketones is 2. The van der Waals surface area contributed by atoms with Crippen LogP contribution in [0.1, 0.15) is 44.2 Å². The first-order valence-corrected chi connectivity index (χ1v) is 10.1. The molecule has 3 aromatic rings. The monoisotopic (exact) mass is 428 g/mol. The highest BCUT2D eigenvalue weighted by Gasteiger charge is 2.43. The molecule has 0 saturated carbocycles. The first-order chi connectivity index (χ1) is 15.5. The minimum absolute atomic E-state index is 0.0253. The number of carbonyl (C=O) groups excluding carboxylic acids is 3. The van der Waals surface area contributed by atoms with Crippen molar-refractivity contribution in [1.82, 2.24) is 0 Å². The molecule has 6 heteroatoms. The Labute approximate surface area is 183 Å². The van der Waals surface area contributed by atoms with Gasteiger partial charge in [0.2, 0.25) is 5.78 Å². The zero-order chi connectivity index (χ0) is 22.2. The second-order valence-corrected chi connectivity index (χ2v) is 7.60. The quantitative estimate of drug-likeness (QED) is 0.560. The smallest absolute Gasteiger partial charge is 0.312 e. The lowest BCUT2D eigenvalue weighted by atomic mass is 9.76. The van der Waals surface area contributed by atoms with Crippen LogP contribution in [0.25, 0.3) is 0 Å². The summed E-state index contributed by atoms with van der Waals surface area (Å²) in [4.78, 5) is 38.7. The number of hydrogen-bond acceptors (Lipinski definition) is 5. The van der Waals surface area contributed by atoms with Gasteiger partial charge >= 0.3 is 5.97 Å². The number of ether oxygens (including phenoxy) is 2. The Kier molecular flexibility index (Phi) is 4.90. The van der Waals surface area contributed by atoms with E-state index in [4.69, 9.17) is 9.47 Å². The maximum atomic E-state index is 14.0. The summed E-state index contributed by atoms with van der Waals surface area (Å²) >= 11 is 0. The van der Waals surface area contributed by atoms with E-state index in [1.54, 1.807) is 66.7 Å². The second kappa shape index (κ2) is 7.89. The van der Waals surface area contributed by atoms with E-state index in [2.05, 4.69) is 0 Å². The first kappa shape index (κ1) is 19.9. The lowest BCUT2D eigenvalue weighted by molar-refractivity contribution is -0.140. The van der Waals surface area contributed by atoms with Gasteiger partial charge in [0.15, 0.2) is 11.5 Å². The fourth-order valence-electron chi connectivity index (χ4n) is 4.15. The van der Waals surface area contributed by atoms with E-state index in [1.165, 1.54) is 6.07 Å². The highest BCUT2D eigenvalue weighted by Crippen LogP contribution is 2.43. The molecule has 1 aliphatic heterocycles. The molecule has 1 atom stereocenters. The van der Waals surface area contributed by atoms with Crippen molar-refractivity contribution >= 4 is 17.5 Å². The van der Waals surface area contributed by atoms with Gasteiger partial charge in [-0.05, 0) is 12.1 Å².